The van der Waals surface area contributed by atoms with E-state index in [0.29, 0.717) is 0 Å². The number of rotatable bonds is 3. The van der Waals surface area contributed by atoms with Gasteiger partial charge >= 0.3 is 10.1 Å². The Kier molecular flexibility index (Phi) is 7.34. The van der Waals surface area contributed by atoms with E-state index >= 15 is 0 Å². The SMILES string of the molecule is C=CCS(=O)(=O)OF.N=C(N)N. The first-order chi connectivity index (χ1) is 5.35. The Labute approximate surface area is 69.5 Å². The minimum Gasteiger partial charge on any atom is -0.370 e. The molecule has 0 radical (unpaired) electrons. The molecule has 0 aromatic carbocycles. The van der Waals surface area contributed by atoms with Gasteiger partial charge in [0.05, 0.1) is 5.75 Å². The molecule has 0 aromatic rings. The van der Waals surface area contributed by atoms with Crippen molar-refractivity contribution in [2.75, 3.05) is 5.75 Å². The molecule has 0 saturated carbocycles. The van der Waals surface area contributed by atoms with E-state index in [-0.39, 0.29) is 5.96 Å². The van der Waals surface area contributed by atoms with Gasteiger partial charge in [-0.15, -0.1) is 6.58 Å². The highest BCUT2D eigenvalue weighted by atomic mass is 32.2. The predicted octanol–water partition coefficient (Wildman–Crippen LogP) is -0.758. The molecule has 12 heavy (non-hydrogen) atoms. The lowest BCUT2D eigenvalue weighted by Crippen LogP contribution is -2.20. The molecule has 6 nitrogen and oxygen atoms in total. The third-order valence-electron chi connectivity index (χ3n) is 0.418. The summed E-state index contributed by atoms with van der Waals surface area (Å²) >= 11 is 0. The van der Waals surface area contributed by atoms with Gasteiger partial charge in [-0.3, -0.25) is 5.41 Å². The van der Waals surface area contributed by atoms with Gasteiger partial charge in [-0.05, 0) is 4.53 Å². The number of hydrogen-bond acceptors (Lipinski definition) is 4. The van der Waals surface area contributed by atoms with Gasteiger partial charge in [0, 0.05) is 0 Å². The van der Waals surface area contributed by atoms with E-state index in [1.165, 1.54) is 0 Å². The van der Waals surface area contributed by atoms with Crippen LogP contribution in [0.25, 0.3) is 0 Å². The largest absolute Gasteiger partial charge is 0.370 e. The molecular weight excluding hydrogens is 189 g/mol. The minimum absolute atomic E-state index is 0.333. The van der Waals surface area contributed by atoms with Crippen molar-refractivity contribution >= 4 is 16.1 Å². The molecule has 0 aliphatic carbocycles. The molecule has 0 saturated heterocycles. The van der Waals surface area contributed by atoms with Crippen LogP contribution < -0.4 is 11.5 Å². The number of halogens is 1. The Balaban J connectivity index is 0. The maximum Gasteiger partial charge on any atom is 0.301 e. The molecule has 0 unspecified atom stereocenters. The van der Waals surface area contributed by atoms with Crippen LogP contribution in [-0.2, 0) is 14.5 Å². The van der Waals surface area contributed by atoms with Gasteiger partial charge in [0.25, 0.3) is 0 Å². The van der Waals surface area contributed by atoms with Gasteiger partial charge in [-0.25, -0.2) is 0 Å². The average Bonchev–Trinajstić information content (AvgIpc) is 1.86. The molecule has 0 atom stereocenters. The van der Waals surface area contributed by atoms with Gasteiger partial charge in [0.15, 0.2) is 5.96 Å². The molecule has 0 bridgehead atoms. The lowest BCUT2D eigenvalue weighted by atomic mass is 10.8. The standard InChI is InChI=1S/C3H5FO3S.CH5N3/c1-2-3-8(5,6)7-4;2-1(3)4/h2H,1,3H2;(H5,2,3,4). The van der Waals surface area contributed by atoms with Crippen molar-refractivity contribution in [2.24, 2.45) is 11.5 Å². The number of nitrogens with one attached hydrogen (secondary N) is 1. The lowest BCUT2D eigenvalue weighted by Gasteiger charge is -1.86. The van der Waals surface area contributed by atoms with Crippen molar-refractivity contribution in [2.45, 2.75) is 0 Å². The molecule has 0 spiro atoms. The molecule has 0 amide bonds. The first kappa shape index (κ1) is 13.4. The summed E-state index contributed by atoms with van der Waals surface area (Å²) in [5, 5.41) is 6.06. The summed E-state index contributed by atoms with van der Waals surface area (Å²) in [7, 11) is -3.95. The molecule has 0 heterocycles. The van der Waals surface area contributed by atoms with E-state index < -0.39 is 15.9 Å². The predicted molar refractivity (Wildman–Crippen MR) is 42.3 cm³/mol. The van der Waals surface area contributed by atoms with Crippen LogP contribution in [0.5, 0.6) is 0 Å². The van der Waals surface area contributed by atoms with Crippen molar-refractivity contribution in [3.05, 3.63) is 12.7 Å². The van der Waals surface area contributed by atoms with Crippen molar-refractivity contribution in [3.63, 3.8) is 0 Å². The van der Waals surface area contributed by atoms with Crippen molar-refractivity contribution in [3.8, 4) is 0 Å². The second-order valence-corrected chi connectivity index (χ2v) is 3.11. The molecule has 8 heteroatoms. The van der Waals surface area contributed by atoms with Crippen LogP contribution in [0.1, 0.15) is 0 Å². The van der Waals surface area contributed by atoms with Crippen LogP contribution in [0, 0.1) is 5.41 Å². The summed E-state index contributed by atoms with van der Waals surface area (Å²) in [6.07, 6.45) is 1.04. The summed E-state index contributed by atoms with van der Waals surface area (Å²) in [6.45, 7) is 3.07. The third kappa shape index (κ3) is 15.9. The van der Waals surface area contributed by atoms with Crippen molar-refractivity contribution in [1.82, 2.24) is 0 Å². The van der Waals surface area contributed by atoms with E-state index in [0.717, 1.165) is 6.08 Å². The number of guanidine groups is 1. The summed E-state index contributed by atoms with van der Waals surface area (Å²) in [5.41, 5.74) is 8.94. The van der Waals surface area contributed by atoms with Crippen LogP contribution in [-0.4, -0.2) is 20.1 Å². The summed E-state index contributed by atoms with van der Waals surface area (Å²) < 4.78 is 33.3. The van der Waals surface area contributed by atoms with Crippen molar-refractivity contribution in [1.29, 1.82) is 5.41 Å². The van der Waals surface area contributed by atoms with Crippen LogP contribution >= 0.6 is 0 Å². The highest BCUT2D eigenvalue weighted by molar-refractivity contribution is 7.86. The lowest BCUT2D eigenvalue weighted by molar-refractivity contribution is 0.00348. The fraction of sp³-hybridized carbons (Fsp3) is 0.250. The molecular formula is C4H10FN3O3S. The van der Waals surface area contributed by atoms with Crippen LogP contribution in [0.2, 0.25) is 0 Å². The fourth-order valence-electron chi connectivity index (χ4n) is 0.170. The average molecular weight is 199 g/mol. The Morgan fingerprint density at radius 3 is 2.08 bits per heavy atom. The molecule has 5 N–H and O–H groups in total. The summed E-state index contributed by atoms with van der Waals surface area (Å²) in [5.74, 6) is -0.830. The molecule has 0 fully saturated rings. The zero-order chi connectivity index (χ0) is 10.2. The quantitative estimate of drug-likeness (QED) is 0.313. The first-order valence-electron chi connectivity index (χ1n) is 2.59. The van der Waals surface area contributed by atoms with E-state index in [9.17, 15) is 12.9 Å². The Hall–Kier alpha value is -1.15. The van der Waals surface area contributed by atoms with Gasteiger partial charge in [0.1, 0.15) is 0 Å². The van der Waals surface area contributed by atoms with Crippen LogP contribution in [0.4, 0.5) is 4.53 Å². The molecule has 0 aromatic heterocycles. The zero-order valence-corrected chi connectivity index (χ0v) is 6.97. The minimum atomic E-state index is -3.95. The van der Waals surface area contributed by atoms with Gasteiger partial charge in [0.2, 0.25) is 0 Å². The Morgan fingerprint density at radius 2 is 2.00 bits per heavy atom. The first-order valence-corrected chi connectivity index (χ1v) is 4.16. The molecule has 0 aliphatic heterocycles. The number of nitrogens with two attached hydrogens (primary N) is 2. The molecule has 72 valence electrons. The van der Waals surface area contributed by atoms with E-state index in [1.54, 1.807) is 0 Å². The van der Waals surface area contributed by atoms with Gasteiger partial charge < -0.3 is 11.5 Å². The summed E-state index contributed by atoms with van der Waals surface area (Å²) in [4.78, 5) is 0. The van der Waals surface area contributed by atoms with Crippen LogP contribution in [0.15, 0.2) is 12.7 Å². The number of hydrogen-bond donors (Lipinski definition) is 3. The summed E-state index contributed by atoms with van der Waals surface area (Å²) in [6, 6.07) is 0. The van der Waals surface area contributed by atoms with Crippen LogP contribution in [0.3, 0.4) is 0 Å². The normalized spacial score (nSPS) is 9.42. The maximum atomic E-state index is 10.8. The molecule has 0 rings (SSSR count). The Bertz CT molecular complexity index is 234. The zero-order valence-electron chi connectivity index (χ0n) is 6.16. The smallest absolute Gasteiger partial charge is 0.301 e. The second kappa shape index (κ2) is 6.55. The van der Waals surface area contributed by atoms with Gasteiger partial charge in [-0.1, -0.05) is 10.5 Å². The second-order valence-electron chi connectivity index (χ2n) is 1.53. The molecule has 0 aliphatic rings. The Morgan fingerprint density at radius 1 is 1.67 bits per heavy atom. The monoisotopic (exact) mass is 199 g/mol. The van der Waals surface area contributed by atoms with Crippen molar-refractivity contribution < 1.29 is 17.3 Å². The highest BCUT2D eigenvalue weighted by Gasteiger charge is 2.06. The fourth-order valence-corrected chi connectivity index (χ4v) is 0.510. The van der Waals surface area contributed by atoms with E-state index in [1.807, 2.05) is 0 Å². The van der Waals surface area contributed by atoms with Gasteiger partial charge in [-0.2, -0.15) is 8.42 Å². The maximum absolute atomic E-state index is 10.8. The highest BCUT2D eigenvalue weighted by Crippen LogP contribution is 1.91. The van der Waals surface area contributed by atoms with E-state index in [2.05, 4.69) is 22.4 Å². The third-order valence-corrected chi connectivity index (χ3v) is 1.25. The van der Waals surface area contributed by atoms with E-state index in [4.69, 9.17) is 5.41 Å². The topological polar surface area (TPSA) is 119 Å².